The van der Waals surface area contributed by atoms with Gasteiger partial charge in [-0.1, -0.05) is 12.1 Å². The molecule has 19 heavy (non-hydrogen) atoms. The highest BCUT2D eigenvalue weighted by Crippen LogP contribution is 2.16. The molecule has 0 atom stereocenters. The predicted octanol–water partition coefficient (Wildman–Crippen LogP) is 2.35. The standard InChI is InChI=1S/C14H15N3OS/c1-10-13(19-9-15-10)7-8-17-12-6-4-3-5-11(12)16(2)14(17)18/h3-6,9H,7-8H2,1-2H3. The molecule has 3 rings (SSSR count). The van der Waals surface area contributed by atoms with Crippen LogP contribution in [0.15, 0.2) is 34.6 Å². The number of imidazole rings is 1. The SMILES string of the molecule is Cc1ncsc1CCn1c(=O)n(C)c2ccccc21. The fraction of sp³-hybridized carbons (Fsp3) is 0.286. The third-order valence-electron chi connectivity index (χ3n) is 3.46. The van der Waals surface area contributed by atoms with Gasteiger partial charge in [0.2, 0.25) is 0 Å². The molecule has 3 aromatic rings. The largest absolute Gasteiger partial charge is 0.328 e. The van der Waals surface area contributed by atoms with Crippen LogP contribution < -0.4 is 5.69 Å². The van der Waals surface area contributed by atoms with E-state index in [0.29, 0.717) is 6.54 Å². The molecular weight excluding hydrogens is 258 g/mol. The first-order valence-electron chi connectivity index (χ1n) is 6.21. The summed E-state index contributed by atoms with van der Waals surface area (Å²) in [5, 5.41) is 0. The van der Waals surface area contributed by atoms with E-state index < -0.39 is 0 Å². The molecular formula is C14H15N3OS. The first kappa shape index (κ1) is 12.2. The maximum Gasteiger partial charge on any atom is 0.328 e. The average Bonchev–Trinajstić information content (AvgIpc) is 2.93. The highest BCUT2D eigenvalue weighted by atomic mass is 32.1. The van der Waals surface area contributed by atoms with Crippen molar-refractivity contribution < 1.29 is 0 Å². The minimum absolute atomic E-state index is 0.0448. The molecule has 0 aliphatic heterocycles. The van der Waals surface area contributed by atoms with Crippen LogP contribution in [0, 0.1) is 6.92 Å². The van der Waals surface area contributed by atoms with E-state index in [2.05, 4.69) is 4.98 Å². The molecule has 0 aliphatic carbocycles. The molecule has 0 unspecified atom stereocenters. The van der Waals surface area contributed by atoms with Crippen molar-refractivity contribution >= 4 is 22.4 Å². The van der Waals surface area contributed by atoms with Gasteiger partial charge in [0.15, 0.2) is 0 Å². The number of aryl methyl sites for hydroxylation is 4. The van der Waals surface area contributed by atoms with Gasteiger partial charge < -0.3 is 0 Å². The van der Waals surface area contributed by atoms with Crippen molar-refractivity contribution in [3.63, 3.8) is 0 Å². The molecule has 0 amide bonds. The molecule has 0 saturated carbocycles. The van der Waals surface area contributed by atoms with Crippen LogP contribution in [0.2, 0.25) is 0 Å². The molecule has 2 heterocycles. The molecule has 4 nitrogen and oxygen atoms in total. The highest BCUT2D eigenvalue weighted by molar-refractivity contribution is 7.09. The fourth-order valence-electron chi connectivity index (χ4n) is 2.36. The first-order chi connectivity index (χ1) is 9.18. The first-order valence-corrected chi connectivity index (χ1v) is 7.09. The summed E-state index contributed by atoms with van der Waals surface area (Å²) in [7, 11) is 1.82. The van der Waals surface area contributed by atoms with Gasteiger partial charge >= 0.3 is 5.69 Å². The van der Waals surface area contributed by atoms with Crippen LogP contribution in [-0.2, 0) is 20.0 Å². The van der Waals surface area contributed by atoms with E-state index in [1.807, 2.05) is 48.3 Å². The maximum absolute atomic E-state index is 12.2. The third kappa shape index (κ3) is 2.00. The second-order valence-electron chi connectivity index (χ2n) is 4.59. The Kier molecular flexibility index (Phi) is 2.98. The Morgan fingerprint density at radius 2 is 2.00 bits per heavy atom. The lowest BCUT2D eigenvalue weighted by atomic mass is 10.3. The normalized spacial score (nSPS) is 11.3. The number of benzene rings is 1. The Morgan fingerprint density at radius 1 is 1.26 bits per heavy atom. The van der Waals surface area contributed by atoms with Gasteiger partial charge in [-0.05, 0) is 19.1 Å². The van der Waals surface area contributed by atoms with Gasteiger partial charge in [-0.2, -0.15) is 0 Å². The second-order valence-corrected chi connectivity index (χ2v) is 5.53. The molecule has 98 valence electrons. The Labute approximate surface area is 115 Å². The topological polar surface area (TPSA) is 39.8 Å². The lowest BCUT2D eigenvalue weighted by Crippen LogP contribution is -2.23. The number of aromatic nitrogens is 3. The van der Waals surface area contributed by atoms with Gasteiger partial charge in [-0.3, -0.25) is 9.13 Å². The lowest BCUT2D eigenvalue weighted by Gasteiger charge is -2.02. The monoisotopic (exact) mass is 273 g/mol. The third-order valence-corrected chi connectivity index (χ3v) is 4.45. The van der Waals surface area contributed by atoms with Crippen LogP contribution in [0.4, 0.5) is 0 Å². The molecule has 0 spiro atoms. The highest BCUT2D eigenvalue weighted by Gasteiger charge is 2.10. The van der Waals surface area contributed by atoms with Crippen molar-refractivity contribution in [2.75, 3.05) is 0 Å². The molecule has 2 aromatic heterocycles. The molecule has 0 radical (unpaired) electrons. The molecule has 0 fully saturated rings. The van der Waals surface area contributed by atoms with Gasteiger partial charge in [-0.15, -0.1) is 11.3 Å². The summed E-state index contributed by atoms with van der Waals surface area (Å²) in [5.74, 6) is 0. The molecule has 5 heteroatoms. The fourth-order valence-corrected chi connectivity index (χ4v) is 3.13. The number of fused-ring (bicyclic) bond motifs is 1. The van der Waals surface area contributed by atoms with Crippen LogP contribution >= 0.6 is 11.3 Å². The van der Waals surface area contributed by atoms with Crippen LogP contribution in [0.3, 0.4) is 0 Å². The van der Waals surface area contributed by atoms with E-state index in [9.17, 15) is 4.79 Å². The van der Waals surface area contributed by atoms with Crippen LogP contribution in [-0.4, -0.2) is 14.1 Å². The zero-order chi connectivity index (χ0) is 13.4. The van der Waals surface area contributed by atoms with E-state index in [1.165, 1.54) is 4.88 Å². The van der Waals surface area contributed by atoms with Crippen LogP contribution in [0.5, 0.6) is 0 Å². The van der Waals surface area contributed by atoms with E-state index in [4.69, 9.17) is 0 Å². The van der Waals surface area contributed by atoms with Crippen molar-refractivity contribution in [2.45, 2.75) is 19.9 Å². The molecule has 0 bridgehead atoms. The Bertz CT molecular complexity index is 781. The van der Waals surface area contributed by atoms with Gasteiger partial charge in [0.1, 0.15) is 0 Å². The van der Waals surface area contributed by atoms with Crippen molar-refractivity contribution in [1.82, 2.24) is 14.1 Å². The number of para-hydroxylation sites is 2. The predicted molar refractivity (Wildman–Crippen MR) is 77.7 cm³/mol. The Balaban J connectivity index is 1.99. The van der Waals surface area contributed by atoms with Crippen molar-refractivity contribution in [3.8, 4) is 0 Å². The number of hydrogen-bond acceptors (Lipinski definition) is 3. The smallest absolute Gasteiger partial charge is 0.295 e. The van der Waals surface area contributed by atoms with Crippen LogP contribution in [0.1, 0.15) is 10.6 Å². The minimum atomic E-state index is 0.0448. The maximum atomic E-state index is 12.2. The minimum Gasteiger partial charge on any atom is -0.295 e. The van der Waals surface area contributed by atoms with Gasteiger partial charge in [0.25, 0.3) is 0 Å². The molecule has 0 saturated heterocycles. The zero-order valence-corrected chi connectivity index (χ0v) is 11.8. The summed E-state index contributed by atoms with van der Waals surface area (Å²) >= 11 is 1.65. The number of nitrogens with zero attached hydrogens (tertiary/aromatic N) is 3. The second kappa shape index (κ2) is 4.66. The lowest BCUT2D eigenvalue weighted by molar-refractivity contribution is 0.668. The average molecular weight is 273 g/mol. The summed E-state index contributed by atoms with van der Waals surface area (Å²) in [5.41, 5.74) is 4.95. The Morgan fingerprint density at radius 3 is 2.68 bits per heavy atom. The summed E-state index contributed by atoms with van der Waals surface area (Å²) in [6.45, 7) is 2.71. The van der Waals surface area contributed by atoms with E-state index in [1.54, 1.807) is 15.9 Å². The Hall–Kier alpha value is -1.88. The molecule has 0 aliphatic rings. The van der Waals surface area contributed by atoms with Crippen molar-refractivity contribution in [1.29, 1.82) is 0 Å². The van der Waals surface area contributed by atoms with Gasteiger partial charge in [0.05, 0.1) is 22.2 Å². The quantitative estimate of drug-likeness (QED) is 0.735. The van der Waals surface area contributed by atoms with E-state index in [0.717, 1.165) is 23.1 Å². The summed E-state index contributed by atoms with van der Waals surface area (Å²) in [6.07, 6.45) is 0.852. The number of thiazole rings is 1. The van der Waals surface area contributed by atoms with Gasteiger partial charge in [0, 0.05) is 24.9 Å². The van der Waals surface area contributed by atoms with Crippen molar-refractivity contribution in [3.05, 3.63) is 50.8 Å². The van der Waals surface area contributed by atoms with Crippen molar-refractivity contribution in [2.24, 2.45) is 7.05 Å². The summed E-state index contributed by atoms with van der Waals surface area (Å²) in [6, 6.07) is 7.90. The van der Waals surface area contributed by atoms with E-state index >= 15 is 0 Å². The zero-order valence-electron chi connectivity index (χ0n) is 11.0. The van der Waals surface area contributed by atoms with Gasteiger partial charge in [-0.25, -0.2) is 9.78 Å². The molecule has 0 N–H and O–H groups in total. The summed E-state index contributed by atoms with van der Waals surface area (Å²) in [4.78, 5) is 17.7. The number of rotatable bonds is 3. The molecule has 1 aromatic carbocycles. The van der Waals surface area contributed by atoms with Crippen LogP contribution in [0.25, 0.3) is 11.0 Å². The number of hydrogen-bond donors (Lipinski definition) is 0. The summed E-state index contributed by atoms with van der Waals surface area (Å²) < 4.78 is 3.54. The van der Waals surface area contributed by atoms with E-state index in [-0.39, 0.29) is 5.69 Å².